The van der Waals surface area contributed by atoms with Crippen LogP contribution >= 0.6 is 23.4 Å². The summed E-state index contributed by atoms with van der Waals surface area (Å²) in [6, 6.07) is 6.67. The highest BCUT2D eigenvalue weighted by atomic mass is 35.5. The predicted molar refractivity (Wildman–Crippen MR) is 116 cm³/mol. The smallest absolute Gasteiger partial charge is 0.329 e. The summed E-state index contributed by atoms with van der Waals surface area (Å²) in [5.41, 5.74) is -1.000. The number of esters is 1. The van der Waals surface area contributed by atoms with E-state index >= 15 is 0 Å². The summed E-state index contributed by atoms with van der Waals surface area (Å²) in [5.74, 6) is 0.0389. The summed E-state index contributed by atoms with van der Waals surface area (Å²) in [4.78, 5) is 42.7. The van der Waals surface area contributed by atoms with Crippen molar-refractivity contribution in [2.45, 2.75) is 24.7 Å². The van der Waals surface area contributed by atoms with Crippen molar-refractivity contribution in [1.29, 1.82) is 0 Å². The van der Waals surface area contributed by atoms with E-state index in [-0.39, 0.29) is 36.7 Å². The fourth-order valence-corrected chi connectivity index (χ4v) is 3.74. The molecule has 1 unspecified atom stereocenters. The van der Waals surface area contributed by atoms with Gasteiger partial charge < -0.3 is 19.1 Å². The number of rotatable bonds is 9. The molecule has 2 N–H and O–H groups in total. The van der Waals surface area contributed by atoms with Crippen LogP contribution in [0.1, 0.15) is 6.92 Å². The molecule has 12 heteroatoms. The van der Waals surface area contributed by atoms with Gasteiger partial charge >= 0.3 is 11.7 Å². The lowest BCUT2D eigenvalue weighted by Gasteiger charge is -2.15. The lowest BCUT2D eigenvalue weighted by atomic mass is 10.3. The van der Waals surface area contributed by atoms with E-state index in [2.05, 4.69) is 9.97 Å². The highest BCUT2D eigenvalue weighted by molar-refractivity contribution is 7.99. The third-order valence-electron chi connectivity index (χ3n) is 4.25. The molecule has 0 spiro atoms. The Kier molecular flexibility index (Phi) is 7.42. The first-order valence-corrected chi connectivity index (χ1v) is 10.7. The minimum Gasteiger partial charge on any atom is -0.491 e. The summed E-state index contributed by atoms with van der Waals surface area (Å²) in [6.07, 6.45) is -1.01. The highest BCUT2D eigenvalue weighted by Gasteiger charge is 2.21. The van der Waals surface area contributed by atoms with Crippen LogP contribution in [0, 0.1) is 0 Å². The summed E-state index contributed by atoms with van der Waals surface area (Å²) in [6.45, 7) is 1.83. The van der Waals surface area contributed by atoms with Crippen molar-refractivity contribution in [3.05, 3.63) is 50.1 Å². The van der Waals surface area contributed by atoms with Gasteiger partial charge in [-0.3, -0.25) is 19.1 Å². The van der Waals surface area contributed by atoms with Gasteiger partial charge in [0.2, 0.25) is 0 Å². The van der Waals surface area contributed by atoms with Crippen LogP contribution in [0.5, 0.6) is 5.75 Å². The van der Waals surface area contributed by atoms with Gasteiger partial charge in [-0.15, -0.1) is 0 Å². The third kappa shape index (κ3) is 5.49. The number of nitrogens with zero attached hydrogens (tertiary/aromatic N) is 3. The molecule has 0 radical (unpaired) electrons. The first kappa shape index (κ1) is 22.9. The number of aliphatic hydroxyl groups is 1. The summed E-state index contributed by atoms with van der Waals surface area (Å²) in [7, 11) is 1.47. The number of aromatic amines is 1. The standard InChI is InChI=1S/C19H21ClN4O6S/c1-3-29-14(26)10-31-19-21-16-15(17(27)22-18(28)23(16)2)24(19)8-12(25)9-30-13-6-4-11(20)5-7-13/h4-7,12,25H,3,8-10H2,1-2H3,(H,22,27,28). The molecule has 10 nitrogen and oxygen atoms in total. The van der Waals surface area contributed by atoms with Crippen molar-refractivity contribution in [1.82, 2.24) is 19.1 Å². The number of carbonyl (C=O) groups is 1. The van der Waals surface area contributed by atoms with Crippen molar-refractivity contribution in [3.63, 3.8) is 0 Å². The molecule has 3 rings (SSSR count). The molecule has 1 aromatic carbocycles. The summed E-state index contributed by atoms with van der Waals surface area (Å²) >= 11 is 6.89. The number of ether oxygens (including phenoxy) is 2. The number of imidazole rings is 1. The normalized spacial score (nSPS) is 12.1. The van der Waals surface area contributed by atoms with Gasteiger partial charge in [0, 0.05) is 12.1 Å². The van der Waals surface area contributed by atoms with Crippen molar-refractivity contribution in [3.8, 4) is 5.75 Å². The van der Waals surface area contributed by atoms with Crippen LogP contribution in [-0.2, 0) is 23.1 Å². The van der Waals surface area contributed by atoms with Crippen molar-refractivity contribution in [2.75, 3.05) is 19.0 Å². The molecule has 0 aliphatic rings. The summed E-state index contributed by atoms with van der Waals surface area (Å²) in [5, 5.41) is 11.4. The number of nitrogens with one attached hydrogen (secondary N) is 1. The molecule has 0 aliphatic carbocycles. The topological polar surface area (TPSA) is 128 Å². The zero-order valence-corrected chi connectivity index (χ0v) is 18.4. The van der Waals surface area contributed by atoms with E-state index in [1.165, 1.54) is 16.2 Å². The number of carbonyl (C=O) groups excluding carboxylic acids is 1. The number of aryl methyl sites for hydroxylation is 1. The number of benzene rings is 1. The average molecular weight is 469 g/mol. The lowest BCUT2D eigenvalue weighted by molar-refractivity contribution is -0.139. The lowest BCUT2D eigenvalue weighted by Crippen LogP contribution is -2.30. The Labute approximate surface area is 185 Å². The Morgan fingerprint density at radius 1 is 1.32 bits per heavy atom. The Balaban J connectivity index is 1.86. The number of thioether (sulfide) groups is 1. The SMILES string of the molecule is CCOC(=O)CSc1nc2c(c(=O)[nH]c(=O)n2C)n1CC(O)COc1ccc(Cl)cc1. The maximum atomic E-state index is 12.5. The zero-order chi connectivity index (χ0) is 22.5. The van der Waals surface area contributed by atoms with Crippen LogP contribution in [0.2, 0.25) is 5.02 Å². The second-order valence-electron chi connectivity index (χ2n) is 6.51. The molecule has 0 amide bonds. The number of aromatic nitrogens is 4. The number of H-pyrrole nitrogens is 1. The molecule has 3 aromatic rings. The minimum absolute atomic E-state index is 0.0413. The van der Waals surface area contributed by atoms with E-state index in [1.54, 1.807) is 31.2 Å². The fraction of sp³-hybridized carbons (Fsp3) is 0.368. The van der Waals surface area contributed by atoms with Gasteiger partial charge in [0.15, 0.2) is 16.3 Å². The molecule has 1 atom stereocenters. The van der Waals surface area contributed by atoms with Gasteiger partial charge in [0.05, 0.1) is 18.9 Å². The van der Waals surface area contributed by atoms with Gasteiger partial charge in [-0.2, -0.15) is 0 Å². The molecule has 0 saturated carbocycles. The quantitative estimate of drug-likeness (QED) is 0.354. The molecule has 31 heavy (non-hydrogen) atoms. The molecule has 2 heterocycles. The Morgan fingerprint density at radius 2 is 2.03 bits per heavy atom. The molecule has 0 bridgehead atoms. The highest BCUT2D eigenvalue weighted by Crippen LogP contribution is 2.22. The molecular formula is C19H21ClN4O6S. The van der Waals surface area contributed by atoms with Gasteiger partial charge in [0.25, 0.3) is 5.56 Å². The Bertz CT molecular complexity index is 1190. The van der Waals surface area contributed by atoms with Crippen molar-refractivity contribution in [2.24, 2.45) is 7.05 Å². The van der Waals surface area contributed by atoms with E-state index in [0.29, 0.717) is 15.9 Å². The second-order valence-corrected chi connectivity index (χ2v) is 7.89. The number of hydrogen-bond acceptors (Lipinski definition) is 8. The first-order valence-electron chi connectivity index (χ1n) is 9.34. The molecular weight excluding hydrogens is 448 g/mol. The van der Waals surface area contributed by atoms with Crippen LogP contribution in [0.15, 0.2) is 39.0 Å². The Morgan fingerprint density at radius 3 is 2.71 bits per heavy atom. The maximum absolute atomic E-state index is 12.5. The van der Waals surface area contributed by atoms with E-state index in [1.807, 2.05) is 0 Å². The minimum atomic E-state index is -1.01. The van der Waals surface area contributed by atoms with Crippen LogP contribution in [0.4, 0.5) is 0 Å². The van der Waals surface area contributed by atoms with Crippen LogP contribution < -0.4 is 16.0 Å². The van der Waals surface area contributed by atoms with Crippen LogP contribution in [0.25, 0.3) is 11.2 Å². The van der Waals surface area contributed by atoms with Crippen LogP contribution in [-0.4, -0.2) is 55.2 Å². The second kappa shape index (κ2) is 10.0. The number of aliphatic hydroxyl groups excluding tert-OH is 1. The number of fused-ring (bicyclic) bond motifs is 1. The van der Waals surface area contributed by atoms with Gasteiger partial charge in [-0.05, 0) is 31.2 Å². The summed E-state index contributed by atoms with van der Waals surface area (Å²) < 4.78 is 13.1. The monoisotopic (exact) mass is 468 g/mol. The predicted octanol–water partition coefficient (Wildman–Crippen LogP) is 1.17. The van der Waals surface area contributed by atoms with E-state index in [4.69, 9.17) is 21.1 Å². The van der Waals surface area contributed by atoms with Gasteiger partial charge in [0.1, 0.15) is 18.5 Å². The van der Waals surface area contributed by atoms with E-state index in [9.17, 15) is 19.5 Å². The number of halogens is 1. The Hall–Kier alpha value is -2.76. The maximum Gasteiger partial charge on any atom is 0.329 e. The van der Waals surface area contributed by atoms with Crippen molar-refractivity contribution >= 4 is 40.5 Å². The largest absolute Gasteiger partial charge is 0.491 e. The number of hydrogen-bond donors (Lipinski definition) is 2. The first-order chi connectivity index (χ1) is 14.8. The van der Waals surface area contributed by atoms with Gasteiger partial charge in [-0.25, -0.2) is 9.78 Å². The zero-order valence-electron chi connectivity index (χ0n) is 16.8. The van der Waals surface area contributed by atoms with Gasteiger partial charge in [-0.1, -0.05) is 23.4 Å². The third-order valence-corrected chi connectivity index (χ3v) is 5.45. The molecule has 2 aromatic heterocycles. The molecule has 0 fully saturated rings. The molecule has 166 valence electrons. The average Bonchev–Trinajstić information content (AvgIpc) is 3.09. The molecule has 0 saturated heterocycles. The van der Waals surface area contributed by atoms with Crippen molar-refractivity contribution < 1.29 is 19.4 Å². The van der Waals surface area contributed by atoms with E-state index in [0.717, 1.165) is 11.8 Å². The van der Waals surface area contributed by atoms with Crippen LogP contribution in [0.3, 0.4) is 0 Å². The fourth-order valence-electron chi connectivity index (χ4n) is 2.81. The molecule has 0 aliphatic heterocycles. The van der Waals surface area contributed by atoms with E-state index < -0.39 is 23.3 Å².